The maximum atomic E-state index is 11.3. The number of carbonyl (C=O) groups excluding carboxylic acids is 1. The van der Waals surface area contributed by atoms with E-state index in [4.69, 9.17) is 4.74 Å². The summed E-state index contributed by atoms with van der Waals surface area (Å²) in [6.45, 7) is 9.59. The number of hydrogen-bond acceptors (Lipinski definition) is 3. The predicted octanol–water partition coefficient (Wildman–Crippen LogP) is 3.86. The fraction of sp³-hybridized carbons (Fsp3) is 0.846. The van der Waals surface area contributed by atoms with Crippen LogP contribution in [0.4, 0.5) is 4.79 Å². The lowest BCUT2D eigenvalue weighted by molar-refractivity contribution is 0.0529. The van der Waals surface area contributed by atoms with Gasteiger partial charge in [0.1, 0.15) is 5.60 Å². The van der Waals surface area contributed by atoms with Gasteiger partial charge in [-0.05, 0) is 40.5 Å². The van der Waals surface area contributed by atoms with Crippen molar-refractivity contribution in [2.24, 2.45) is 5.10 Å². The molecular weight excluding hydrogens is 216 g/mol. The van der Waals surface area contributed by atoms with Crippen LogP contribution >= 0.6 is 0 Å². The number of unbranched alkanes of at least 4 members (excludes halogenated alkanes) is 3. The second-order valence-electron chi connectivity index (χ2n) is 5.27. The molecule has 0 fully saturated rings. The van der Waals surface area contributed by atoms with Crippen molar-refractivity contribution in [3.8, 4) is 0 Å². The number of hydrogen-bond donors (Lipinski definition) is 1. The Kier molecular flexibility index (Phi) is 7.59. The van der Waals surface area contributed by atoms with E-state index in [1.165, 1.54) is 19.3 Å². The lowest BCUT2D eigenvalue weighted by Gasteiger charge is -2.18. The highest BCUT2D eigenvalue weighted by atomic mass is 16.6. The molecule has 4 heteroatoms. The lowest BCUT2D eigenvalue weighted by atomic mass is 10.1. The van der Waals surface area contributed by atoms with Crippen molar-refractivity contribution in [1.82, 2.24) is 5.43 Å². The molecule has 4 nitrogen and oxygen atoms in total. The van der Waals surface area contributed by atoms with Crippen LogP contribution in [0.5, 0.6) is 0 Å². The zero-order valence-corrected chi connectivity index (χ0v) is 11.8. The fourth-order valence-electron chi connectivity index (χ4n) is 1.31. The summed E-state index contributed by atoms with van der Waals surface area (Å²) < 4.78 is 5.07. The molecule has 0 heterocycles. The Labute approximate surface area is 105 Å². The van der Waals surface area contributed by atoms with Gasteiger partial charge in [-0.3, -0.25) is 0 Å². The normalized spacial score (nSPS) is 12.4. The van der Waals surface area contributed by atoms with Crippen LogP contribution < -0.4 is 5.43 Å². The highest BCUT2D eigenvalue weighted by Crippen LogP contribution is 2.06. The minimum absolute atomic E-state index is 0.478. The second-order valence-corrected chi connectivity index (χ2v) is 5.27. The number of rotatable bonds is 6. The van der Waals surface area contributed by atoms with Gasteiger partial charge in [-0.25, -0.2) is 10.2 Å². The van der Waals surface area contributed by atoms with E-state index in [2.05, 4.69) is 17.5 Å². The number of carbonyl (C=O) groups is 1. The molecule has 100 valence electrons. The minimum Gasteiger partial charge on any atom is -0.443 e. The molecule has 0 bridgehead atoms. The van der Waals surface area contributed by atoms with E-state index in [0.29, 0.717) is 0 Å². The molecule has 0 aromatic carbocycles. The summed E-state index contributed by atoms with van der Waals surface area (Å²) in [5, 5.41) is 4.00. The van der Waals surface area contributed by atoms with E-state index in [0.717, 1.165) is 18.6 Å². The minimum atomic E-state index is -0.495. The van der Waals surface area contributed by atoms with E-state index < -0.39 is 11.7 Å². The third-order valence-corrected chi connectivity index (χ3v) is 2.13. The van der Waals surface area contributed by atoms with Crippen LogP contribution in [0.25, 0.3) is 0 Å². The zero-order valence-electron chi connectivity index (χ0n) is 11.8. The molecule has 0 aliphatic carbocycles. The molecule has 0 unspecified atom stereocenters. The third kappa shape index (κ3) is 11.2. The van der Waals surface area contributed by atoms with E-state index >= 15 is 0 Å². The van der Waals surface area contributed by atoms with Crippen molar-refractivity contribution in [3.05, 3.63) is 0 Å². The van der Waals surface area contributed by atoms with Gasteiger partial charge in [0, 0.05) is 5.71 Å². The summed E-state index contributed by atoms with van der Waals surface area (Å²) in [7, 11) is 0. The van der Waals surface area contributed by atoms with Crippen molar-refractivity contribution in [3.63, 3.8) is 0 Å². The Morgan fingerprint density at radius 2 is 1.88 bits per heavy atom. The molecular formula is C13H26N2O2. The standard InChI is InChI=1S/C13H26N2O2/c1-6-7-8-9-10-11(2)14-15-12(16)17-13(3,4)5/h6-10H2,1-5H3,(H,15,16)/b14-11-. The first-order valence-corrected chi connectivity index (χ1v) is 6.37. The summed E-state index contributed by atoms with van der Waals surface area (Å²) in [5.74, 6) is 0. The molecule has 1 N–H and O–H groups in total. The van der Waals surface area contributed by atoms with Gasteiger partial charge in [0.05, 0.1) is 0 Å². The van der Waals surface area contributed by atoms with Gasteiger partial charge in [-0.15, -0.1) is 0 Å². The predicted molar refractivity (Wildman–Crippen MR) is 71.2 cm³/mol. The number of ether oxygens (including phenoxy) is 1. The van der Waals surface area contributed by atoms with Gasteiger partial charge in [0.25, 0.3) is 0 Å². The molecule has 0 saturated carbocycles. The Bertz CT molecular complexity index is 255. The van der Waals surface area contributed by atoms with Crippen LogP contribution in [-0.2, 0) is 4.74 Å². The Balaban J connectivity index is 3.78. The van der Waals surface area contributed by atoms with E-state index in [9.17, 15) is 4.79 Å². The highest BCUT2D eigenvalue weighted by Gasteiger charge is 2.15. The molecule has 0 radical (unpaired) electrons. The number of nitrogens with one attached hydrogen (secondary N) is 1. The Hall–Kier alpha value is -1.06. The molecule has 0 rings (SSSR count). The molecule has 0 aliphatic rings. The number of nitrogens with zero attached hydrogens (tertiary/aromatic N) is 1. The number of amides is 1. The van der Waals surface area contributed by atoms with E-state index in [1.807, 2.05) is 27.7 Å². The molecule has 0 spiro atoms. The van der Waals surface area contributed by atoms with Crippen molar-refractivity contribution in [2.45, 2.75) is 72.3 Å². The van der Waals surface area contributed by atoms with E-state index in [1.54, 1.807) is 0 Å². The summed E-state index contributed by atoms with van der Waals surface area (Å²) in [5.41, 5.74) is 2.87. The lowest BCUT2D eigenvalue weighted by Crippen LogP contribution is -2.30. The maximum Gasteiger partial charge on any atom is 0.428 e. The quantitative estimate of drug-likeness (QED) is 0.437. The highest BCUT2D eigenvalue weighted by molar-refractivity contribution is 5.83. The summed E-state index contributed by atoms with van der Waals surface area (Å²) in [6.07, 6.45) is 5.26. The van der Waals surface area contributed by atoms with Crippen molar-refractivity contribution >= 4 is 11.8 Å². The monoisotopic (exact) mass is 242 g/mol. The average molecular weight is 242 g/mol. The van der Waals surface area contributed by atoms with Gasteiger partial charge in [-0.1, -0.05) is 26.2 Å². The largest absolute Gasteiger partial charge is 0.443 e. The molecule has 17 heavy (non-hydrogen) atoms. The maximum absolute atomic E-state index is 11.3. The fourth-order valence-corrected chi connectivity index (χ4v) is 1.31. The summed E-state index contributed by atoms with van der Waals surface area (Å²) >= 11 is 0. The third-order valence-electron chi connectivity index (χ3n) is 2.13. The van der Waals surface area contributed by atoms with Gasteiger partial charge >= 0.3 is 6.09 Å². The van der Waals surface area contributed by atoms with Crippen LogP contribution in [0.3, 0.4) is 0 Å². The van der Waals surface area contributed by atoms with Crippen molar-refractivity contribution < 1.29 is 9.53 Å². The molecule has 0 saturated heterocycles. The van der Waals surface area contributed by atoms with Crippen LogP contribution in [0.2, 0.25) is 0 Å². The van der Waals surface area contributed by atoms with Gasteiger partial charge < -0.3 is 4.74 Å². The van der Waals surface area contributed by atoms with Crippen LogP contribution in [0.1, 0.15) is 66.7 Å². The summed E-state index contributed by atoms with van der Waals surface area (Å²) in [6, 6.07) is 0. The van der Waals surface area contributed by atoms with Gasteiger partial charge in [0.2, 0.25) is 0 Å². The Morgan fingerprint density at radius 1 is 1.24 bits per heavy atom. The van der Waals surface area contributed by atoms with Gasteiger partial charge in [0.15, 0.2) is 0 Å². The topological polar surface area (TPSA) is 50.7 Å². The van der Waals surface area contributed by atoms with Crippen molar-refractivity contribution in [1.29, 1.82) is 0 Å². The Morgan fingerprint density at radius 3 is 2.41 bits per heavy atom. The van der Waals surface area contributed by atoms with Crippen LogP contribution in [0.15, 0.2) is 5.10 Å². The van der Waals surface area contributed by atoms with Crippen LogP contribution in [0, 0.1) is 0 Å². The average Bonchev–Trinajstić information content (AvgIpc) is 2.19. The van der Waals surface area contributed by atoms with E-state index in [-0.39, 0.29) is 0 Å². The SMILES string of the molecule is CCCCCC/C(C)=N\NC(=O)OC(C)(C)C. The summed E-state index contributed by atoms with van der Waals surface area (Å²) in [4.78, 5) is 11.3. The van der Waals surface area contributed by atoms with Crippen LogP contribution in [-0.4, -0.2) is 17.4 Å². The molecule has 0 atom stereocenters. The van der Waals surface area contributed by atoms with Gasteiger partial charge in [-0.2, -0.15) is 5.10 Å². The zero-order chi connectivity index (χ0) is 13.3. The molecule has 0 aliphatic heterocycles. The molecule has 0 aromatic rings. The molecule has 1 amide bonds. The number of hydrazone groups is 1. The molecule has 0 aromatic heterocycles. The smallest absolute Gasteiger partial charge is 0.428 e. The first-order valence-electron chi connectivity index (χ1n) is 6.37. The van der Waals surface area contributed by atoms with Crippen molar-refractivity contribution in [2.75, 3.05) is 0 Å². The first-order chi connectivity index (χ1) is 7.85. The second kappa shape index (κ2) is 8.09. The first kappa shape index (κ1) is 15.9.